The van der Waals surface area contributed by atoms with E-state index in [4.69, 9.17) is 13.9 Å². The van der Waals surface area contributed by atoms with Gasteiger partial charge in [0.1, 0.15) is 6.10 Å². The van der Waals surface area contributed by atoms with E-state index in [2.05, 4.69) is 31.0 Å². The zero-order chi connectivity index (χ0) is 14.8. The minimum Gasteiger partial charge on any atom is -0.407 e. The third kappa shape index (κ3) is 3.11. The van der Waals surface area contributed by atoms with Crippen LogP contribution in [-0.4, -0.2) is 54.5 Å². The predicted octanol–water partition coefficient (Wildman–Crippen LogP) is 0.927. The Morgan fingerprint density at radius 2 is 2.15 bits per heavy atom. The van der Waals surface area contributed by atoms with Crippen LogP contribution in [0, 0.1) is 0 Å². The van der Waals surface area contributed by atoms with Crippen molar-refractivity contribution in [2.24, 2.45) is 0 Å². The molecule has 0 bridgehead atoms. The molecule has 1 aliphatic rings. The number of nitrogens with zero attached hydrogens (tertiary/aromatic N) is 3. The first-order valence-electron chi connectivity index (χ1n) is 6.88. The minimum atomic E-state index is -0.407. The summed E-state index contributed by atoms with van der Waals surface area (Å²) in [5.74, 6) is 0.621. The van der Waals surface area contributed by atoms with E-state index in [0.29, 0.717) is 25.0 Å². The second-order valence-electron chi connectivity index (χ2n) is 5.64. The fraction of sp³-hybridized carbons (Fsp3) is 0.846. The van der Waals surface area contributed by atoms with E-state index in [1.54, 1.807) is 7.11 Å². The van der Waals surface area contributed by atoms with E-state index >= 15 is 0 Å². The molecule has 1 N–H and O–H groups in total. The van der Waals surface area contributed by atoms with E-state index in [1.807, 2.05) is 4.90 Å². The highest BCUT2D eigenvalue weighted by atomic mass is 16.7. The molecule has 2 rings (SSSR count). The third-order valence-corrected chi connectivity index (χ3v) is 3.75. The van der Waals surface area contributed by atoms with Crippen molar-refractivity contribution in [3.8, 4) is 0 Å². The summed E-state index contributed by atoms with van der Waals surface area (Å²) < 4.78 is 16.5. The molecule has 7 nitrogen and oxygen atoms in total. The fourth-order valence-electron chi connectivity index (χ4n) is 1.96. The van der Waals surface area contributed by atoms with Crippen LogP contribution in [0.3, 0.4) is 0 Å². The van der Waals surface area contributed by atoms with E-state index in [0.717, 1.165) is 6.42 Å². The first-order chi connectivity index (χ1) is 9.50. The maximum atomic E-state index is 9.27. The largest absolute Gasteiger partial charge is 0.407 e. The van der Waals surface area contributed by atoms with Crippen LogP contribution in [0.4, 0.5) is 6.01 Å². The molecule has 7 heteroatoms. The molecule has 0 spiro atoms. The molecule has 1 saturated heterocycles. The average molecular weight is 285 g/mol. The summed E-state index contributed by atoms with van der Waals surface area (Å²) in [6.07, 6.45) is 0.191. The van der Waals surface area contributed by atoms with Gasteiger partial charge >= 0.3 is 6.01 Å². The summed E-state index contributed by atoms with van der Waals surface area (Å²) in [7, 11) is 1.57. The zero-order valence-electron chi connectivity index (χ0n) is 12.5. The van der Waals surface area contributed by atoms with Crippen LogP contribution in [-0.2, 0) is 14.9 Å². The summed E-state index contributed by atoms with van der Waals surface area (Å²) in [5.41, 5.74) is -0.144. The Bertz CT molecular complexity index is 423. The standard InChI is InChI=1S/C13H23N3O4/c1-5-13(2,3)11-14-15-12(20-11)16-6-9(8-17)19-10(7-16)18-4/h9-10,17H,5-8H2,1-4H3/t9-,10-/m0/s1. The maximum Gasteiger partial charge on any atom is 0.318 e. The highest BCUT2D eigenvalue weighted by Gasteiger charge is 2.32. The average Bonchev–Trinajstić information content (AvgIpc) is 2.97. The van der Waals surface area contributed by atoms with Crippen molar-refractivity contribution in [3.05, 3.63) is 5.89 Å². The van der Waals surface area contributed by atoms with Crippen LogP contribution in [0.2, 0.25) is 0 Å². The second kappa shape index (κ2) is 6.07. The zero-order valence-corrected chi connectivity index (χ0v) is 12.5. The topological polar surface area (TPSA) is 80.9 Å². The minimum absolute atomic E-state index is 0.0716. The summed E-state index contributed by atoms with van der Waals surface area (Å²) in [4.78, 5) is 1.89. The van der Waals surface area contributed by atoms with Gasteiger partial charge in [-0.2, -0.15) is 0 Å². The van der Waals surface area contributed by atoms with E-state index in [-0.39, 0.29) is 18.1 Å². The molecule has 1 fully saturated rings. The summed E-state index contributed by atoms with van der Waals surface area (Å²) in [6, 6.07) is 0.449. The van der Waals surface area contributed by atoms with E-state index in [9.17, 15) is 5.11 Å². The van der Waals surface area contributed by atoms with Gasteiger partial charge < -0.3 is 23.9 Å². The van der Waals surface area contributed by atoms with Gasteiger partial charge in [0.2, 0.25) is 5.89 Å². The number of ether oxygens (including phenoxy) is 2. The lowest BCUT2D eigenvalue weighted by atomic mass is 9.90. The highest BCUT2D eigenvalue weighted by Crippen LogP contribution is 2.28. The summed E-state index contributed by atoms with van der Waals surface area (Å²) in [5, 5.41) is 17.5. The number of morpholine rings is 1. The molecular weight excluding hydrogens is 262 g/mol. The summed E-state index contributed by atoms with van der Waals surface area (Å²) in [6.45, 7) is 7.15. The lowest BCUT2D eigenvalue weighted by Gasteiger charge is -2.35. The molecule has 1 aromatic rings. The van der Waals surface area contributed by atoms with Crippen LogP contribution in [0.5, 0.6) is 0 Å². The monoisotopic (exact) mass is 285 g/mol. The van der Waals surface area contributed by atoms with Gasteiger partial charge in [-0.15, -0.1) is 5.10 Å². The van der Waals surface area contributed by atoms with Crippen molar-refractivity contribution in [2.75, 3.05) is 31.7 Å². The van der Waals surface area contributed by atoms with E-state index < -0.39 is 6.29 Å². The Hall–Kier alpha value is -1.18. The number of aliphatic hydroxyl groups is 1. The van der Waals surface area contributed by atoms with Crippen molar-refractivity contribution < 1.29 is 19.0 Å². The number of methoxy groups -OCH3 is 1. The Kier molecular flexibility index (Phi) is 4.62. The SMILES string of the molecule is CCC(C)(C)c1nnc(N2C[C@@H](CO)O[C@H](OC)C2)o1. The van der Waals surface area contributed by atoms with Crippen molar-refractivity contribution in [2.45, 2.75) is 45.0 Å². The third-order valence-electron chi connectivity index (χ3n) is 3.75. The van der Waals surface area contributed by atoms with Crippen molar-refractivity contribution >= 4 is 6.01 Å². The van der Waals surface area contributed by atoms with Crippen molar-refractivity contribution in [3.63, 3.8) is 0 Å². The number of hydrogen-bond donors (Lipinski definition) is 1. The normalized spacial score (nSPS) is 24.1. The van der Waals surface area contributed by atoms with Gasteiger partial charge in [0.05, 0.1) is 19.7 Å². The van der Waals surface area contributed by atoms with Gasteiger partial charge in [0.25, 0.3) is 0 Å². The number of aromatic nitrogens is 2. The second-order valence-corrected chi connectivity index (χ2v) is 5.64. The van der Waals surface area contributed by atoms with E-state index in [1.165, 1.54) is 0 Å². The fourth-order valence-corrected chi connectivity index (χ4v) is 1.96. The molecule has 1 aliphatic heterocycles. The van der Waals surface area contributed by atoms with Gasteiger partial charge in [0, 0.05) is 12.5 Å². The van der Waals surface area contributed by atoms with Crippen LogP contribution >= 0.6 is 0 Å². The molecule has 20 heavy (non-hydrogen) atoms. The number of aliphatic hydroxyl groups excluding tert-OH is 1. The predicted molar refractivity (Wildman–Crippen MR) is 72.6 cm³/mol. The van der Waals surface area contributed by atoms with Crippen molar-refractivity contribution in [1.29, 1.82) is 0 Å². The summed E-state index contributed by atoms with van der Waals surface area (Å²) >= 11 is 0. The lowest BCUT2D eigenvalue weighted by Crippen LogP contribution is -2.49. The Morgan fingerprint density at radius 3 is 2.75 bits per heavy atom. The van der Waals surface area contributed by atoms with Gasteiger partial charge in [-0.1, -0.05) is 25.9 Å². The van der Waals surface area contributed by atoms with Crippen LogP contribution in [0.25, 0.3) is 0 Å². The molecular formula is C13H23N3O4. The first-order valence-corrected chi connectivity index (χ1v) is 6.88. The molecule has 2 heterocycles. The Balaban J connectivity index is 2.14. The van der Waals surface area contributed by atoms with Gasteiger partial charge in [-0.05, 0) is 6.42 Å². The molecule has 0 saturated carbocycles. The highest BCUT2D eigenvalue weighted by molar-refractivity contribution is 5.26. The van der Waals surface area contributed by atoms with Gasteiger partial charge in [0.15, 0.2) is 6.29 Å². The number of anilines is 1. The lowest BCUT2D eigenvalue weighted by molar-refractivity contribution is -0.171. The quantitative estimate of drug-likeness (QED) is 0.861. The van der Waals surface area contributed by atoms with Crippen LogP contribution in [0.1, 0.15) is 33.1 Å². The van der Waals surface area contributed by atoms with Crippen molar-refractivity contribution in [1.82, 2.24) is 10.2 Å². The van der Waals surface area contributed by atoms with Gasteiger partial charge in [-0.25, -0.2) is 0 Å². The Labute approximate surface area is 118 Å². The first kappa shape index (κ1) is 15.2. The maximum absolute atomic E-state index is 9.27. The number of hydrogen-bond acceptors (Lipinski definition) is 7. The molecule has 114 valence electrons. The molecule has 2 atom stereocenters. The molecule has 1 aromatic heterocycles. The molecule has 0 unspecified atom stereocenters. The molecule has 0 radical (unpaired) electrons. The van der Waals surface area contributed by atoms with Crippen LogP contribution < -0.4 is 4.90 Å². The van der Waals surface area contributed by atoms with Crippen LogP contribution in [0.15, 0.2) is 4.42 Å². The smallest absolute Gasteiger partial charge is 0.318 e. The molecule has 0 aromatic carbocycles. The molecule has 0 aliphatic carbocycles. The number of rotatable bonds is 5. The Morgan fingerprint density at radius 1 is 1.40 bits per heavy atom. The molecule has 0 amide bonds. The van der Waals surface area contributed by atoms with Gasteiger partial charge in [-0.3, -0.25) is 0 Å².